The molecule has 0 aliphatic carbocycles. The van der Waals surface area contributed by atoms with E-state index in [0.29, 0.717) is 23.8 Å². The van der Waals surface area contributed by atoms with Crippen LogP contribution in [0.25, 0.3) is 11.3 Å². The predicted molar refractivity (Wildman–Crippen MR) is 101 cm³/mol. The van der Waals surface area contributed by atoms with Crippen molar-refractivity contribution in [2.24, 2.45) is 0 Å². The molecule has 2 heterocycles. The number of nitrogens with zero attached hydrogens (tertiary/aromatic N) is 3. The average Bonchev–Trinajstić information content (AvgIpc) is 2.99. The Hall–Kier alpha value is -2.87. The van der Waals surface area contributed by atoms with Crippen molar-refractivity contribution in [3.05, 3.63) is 47.7 Å². The highest BCUT2D eigenvalue weighted by molar-refractivity contribution is 5.90. The number of nitriles is 1. The van der Waals surface area contributed by atoms with Gasteiger partial charge < -0.3 is 9.64 Å². The van der Waals surface area contributed by atoms with Crippen LogP contribution in [-0.2, 0) is 4.74 Å². The van der Waals surface area contributed by atoms with Gasteiger partial charge in [-0.3, -0.25) is 4.98 Å². The van der Waals surface area contributed by atoms with E-state index in [1.54, 1.807) is 18.3 Å². The van der Waals surface area contributed by atoms with Crippen LogP contribution in [0.5, 0.6) is 0 Å². The number of carbonyl (C=O) groups is 1. The van der Waals surface area contributed by atoms with Crippen LogP contribution >= 0.6 is 0 Å². The summed E-state index contributed by atoms with van der Waals surface area (Å²) in [4.78, 5) is 18.8. The Morgan fingerprint density at radius 1 is 1.27 bits per heavy atom. The predicted octanol–water partition coefficient (Wildman–Crippen LogP) is 4.15. The van der Waals surface area contributed by atoms with Gasteiger partial charge in [-0.05, 0) is 57.5 Å². The van der Waals surface area contributed by atoms with Gasteiger partial charge in [0, 0.05) is 30.0 Å². The molecule has 0 fully saturated rings. The first-order valence-corrected chi connectivity index (χ1v) is 8.88. The first kappa shape index (κ1) is 17.9. The summed E-state index contributed by atoms with van der Waals surface area (Å²) in [6.07, 6.45) is 1.44. The fourth-order valence-electron chi connectivity index (χ4n) is 3.24. The molecule has 0 amide bonds. The number of benzene rings is 1. The molecule has 0 radical (unpaired) electrons. The van der Waals surface area contributed by atoms with Gasteiger partial charge in [0.25, 0.3) is 0 Å². The molecule has 5 heteroatoms. The molecule has 0 saturated carbocycles. The maximum Gasteiger partial charge on any atom is 0.338 e. The number of hydrogen-bond acceptors (Lipinski definition) is 5. The Labute approximate surface area is 154 Å². The minimum absolute atomic E-state index is 0.151. The lowest BCUT2D eigenvalue weighted by Crippen LogP contribution is -2.29. The minimum atomic E-state index is -0.356. The summed E-state index contributed by atoms with van der Waals surface area (Å²) < 4.78 is 5.26. The third-order valence-corrected chi connectivity index (χ3v) is 4.50. The zero-order valence-corrected chi connectivity index (χ0v) is 15.6. The molecule has 1 aliphatic rings. The monoisotopic (exact) mass is 349 g/mol. The molecule has 3 rings (SSSR count). The second-order valence-electron chi connectivity index (χ2n) is 7.09. The molecular weight excluding hydrogens is 326 g/mol. The Bertz CT molecular complexity index is 868. The van der Waals surface area contributed by atoms with Crippen molar-refractivity contribution in [3.63, 3.8) is 0 Å². The summed E-state index contributed by atoms with van der Waals surface area (Å²) in [5.41, 5.74) is 4.20. The summed E-state index contributed by atoms with van der Waals surface area (Å²) in [6.45, 7) is 8.61. The molecule has 1 aliphatic heterocycles. The van der Waals surface area contributed by atoms with Gasteiger partial charge in [0.05, 0.1) is 29.3 Å². The number of ether oxygens (including phenoxy) is 1. The second-order valence-corrected chi connectivity index (χ2v) is 7.09. The van der Waals surface area contributed by atoms with Gasteiger partial charge in [0.15, 0.2) is 0 Å². The highest BCUT2D eigenvalue weighted by atomic mass is 16.5. The number of aromatic nitrogens is 1. The topological polar surface area (TPSA) is 66.2 Å². The van der Waals surface area contributed by atoms with Crippen LogP contribution in [0.3, 0.4) is 0 Å². The number of anilines is 1. The quantitative estimate of drug-likeness (QED) is 0.776. The van der Waals surface area contributed by atoms with Gasteiger partial charge >= 0.3 is 5.97 Å². The molecule has 26 heavy (non-hydrogen) atoms. The van der Waals surface area contributed by atoms with Crippen molar-refractivity contribution >= 4 is 11.7 Å². The van der Waals surface area contributed by atoms with Crippen molar-refractivity contribution in [2.75, 3.05) is 11.4 Å². The standard InChI is InChI=1S/C21H23N3O2/c1-13(2)24-12-17(11-22)18-9-15(5-6-20(18)24)19-10-16(7-8-23-19)21(25)26-14(3)4/h5-10,13-14,17H,12H2,1-4H3. The molecule has 0 bridgehead atoms. The molecule has 1 unspecified atom stereocenters. The van der Waals surface area contributed by atoms with Crippen molar-refractivity contribution in [3.8, 4) is 17.3 Å². The fourth-order valence-corrected chi connectivity index (χ4v) is 3.24. The lowest BCUT2D eigenvalue weighted by atomic mass is 9.98. The molecule has 5 nitrogen and oxygen atoms in total. The Morgan fingerprint density at radius 3 is 2.69 bits per heavy atom. The third-order valence-electron chi connectivity index (χ3n) is 4.50. The fraction of sp³-hybridized carbons (Fsp3) is 0.381. The van der Waals surface area contributed by atoms with E-state index >= 15 is 0 Å². The van der Waals surface area contributed by atoms with E-state index in [0.717, 1.165) is 16.8 Å². The van der Waals surface area contributed by atoms with Gasteiger partial charge in [-0.1, -0.05) is 6.07 Å². The summed E-state index contributed by atoms with van der Waals surface area (Å²) >= 11 is 0. The van der Waals surface area contributed by atoms with Crippen LogP contribution in [0.2, 0.25) is 0 Å². The normalized spacial score (nSPS) is 15.9. The second kappa shape index (κ2) is 7.17. The lowest BCUT2D eigenvalue weighted by Gasteiger charge is -2.24. The Morgan fingerprint density at radius 2 is 2.04 bits per heavy atom. The Balaban J connectivity index is 1.97. The van der Waals surface area contributed by atoms with Gasteiger partial charge in [-0.25, -0.2) is 4.79 Å². The molecule has 2 aromatic rings. The van der Waals surface area contributed by atoms with E-state index in [9.17, 15) is 10.1 Å². The minimum Gasteiger partial charge on any atom is -0.459 e. The number of rotatable bonds is 4. The molecule has 1 aromatic heterocycles. The first-order chi connectivity index (χ1) is 12.4. The van der Waals surface area contributed by atoms with Gasteiger partial charge in [-0.15, -0.1) is 0 Å². The van der Waals surface area contributed by atoms with Gasteiger partial charge in [0.1, 0.15) is 0 Å². The number of esters is 1. The van der Waals surface area contributed by atoms with Gasteiger partial charge in [-0.2, -0.15) is 5.26 Å². The summed E-state index contributed by atoms with van der Waals surface area (Å²) in [6, 6.07) is 12.2. The largest absolute Gasteiger partial charge is 0.459 e. The van der Waals surface area contributed by atoms with E-state index in [2.05, 4.69) is 29.8 Å². The van der Waals surface area contributed by atoms with E-state index < -0.39 is 0 Å². The van der Waals surface area contributed by atoms with Crippen LogP contribution in [0, 0.1) is 11.3 Å². The van der Waals surface area contributed by atoms with Crippen molar-refractivity contribution in [1.82, 2.24) is 4.98 Å². The highest BCUT2D eigenvalue weighted by Crippen LogP contribution is 2.39. The molecule has 1 atom stereocenters. The van der Waals surface area contributed by atoms with Crippen LogP contribution in [0.4, 0.5) is 5.69 Å². The molecule has 0 spiro atoms. The maximum atomic E-state index is 12.1. The van der Waals surface area contributed by atoms with Gasteiger partial charge in [0.2, 0.25) is 0 Å². The summed E-state index contributed by atoms with van der Waals surface area (Å²) in [5, 5.41) is 9.52. The average molecular weight is 349 g/mol. The van der Waals surface area contributed by atoms with Crippen LogP contribution < -0.4 is 4.90 Å². The zero-order chi connectivity index (χ0) is 18.8. The molecule has 134 valence electrons. The van der Waals surface area contributed by atoms with Crippen LogP contribution in [-0.4, -0.2) is 29.6 Å². The van der Waals surface area contributed by atoms with Crippen molar-refractivity contribution in [2.45, 2.75) is 45.8 Å². The molecule has 1 aromatic carbocycles. The molecule has 0 saturated heterocycles. The lowest BCUT2D eigenvalue weighted by molar-refractivity contribution is 0.0378. The van der Waals surface area contributed by atoms with Crippen LogP contribution in [0.15, 0.2) is 36.5 Å². The molecule has 0 N–H and O–H groups in total. The van der Waals surface area contributed by atoms with E-state index in [-0.39, 0.29) is 18.0 Å². The zero-order valence-electron chi connectivity index (χ0n) is 15.6. The van der Waals surface area contributed by atoms with Crippen molar-refractivity contribution in [1.29, 1.82) is 5.26 Å². The number of hydrogen-bond donors (Lipinski definition) is 0. The highest BCUT2D eigenvalue weighted by Gasteiger charge is 2.30. The first-order valence-electron chi connectivity index (χ1n) is 8.88. The van der Waals surface area contributed by atoms with Crippen molar-refractivity contribution < 1.29 is 9.53 Å². The SMILES string of the molecule is CC(C)OC(=O)c1ccnc(-c2ccc3c(c2)C(C#N)CN3C(C)C)c1. The van der Waals surface area contributed by atoms with E-state index in [1.165, 1.54) is 0 Å². The van der Waals surface area contributed by atoms with E-state index in [1.807, 2.05) is 32.0 Å². The smallest absolute Gasteiger partial charge is 0.338 e. The van der Waals surface area contributed by atoms with E-state index in [4.69, 9.17) is 4.74 Å². The molecular formula is C21H23N3O2. The number of carbonyl (C=O) groups excluding carboxylic acids is 1. The number of pyridine rings is 1. The third kappa shape index (κ3) is 3.41. The van der Waals surface area contributed by atoms with Crippen LogP contribution in [0.1, 0.15) is 49.5 Å². The maximum absolute atomic E-state index is 12.1. The number of fused-ring (bicyclic) bond motifs is 1. The summed E-state index contributed by atoms with van der Waals surface area (Å²) in [5.74, 6) is -0.507. The summed E-state index contributed by atoms with van der Waals surface area (Å²) in [7, 11) is 0. The Kier molecular flexibility index (Phi) is 4.94.